The molecule has 1 atom stereocenters. The number of carbonyl (C=O) groups excluding carboxylic acids is 1. The van der Waals surface area contributed by atoms with Gasteiger partial charge in [0.15, 0.2) is 11.3 Å². The van der Waals surface area contributed by atoms with Crippen molar-refractivity contribution < 1.29 is 13.9 Å². The summed E-state index contributed by atoms with van der Waals surface area (Å²) in [6.45, 7) is 2.72. The van der Waals surface area contributed by atoms with Gasteiger partial charge in [-0.2, -0.15) is 0 Å². The first-order chi connectivity index (χ1) is 16.2. The van der Waals surface area contributed by atoms with Gasteiger partial charge in [-0.1, -0.05) is 42.5 Å². The van der Waals surface area contributed by atoms with Crippen LogP contribution < -0.4 is 10.1 Å². The van der Waals surface area contributed by atoms with Crippen LogP contribution in [0.25, 0.3) is 22.1 Å². The second-order valence-electron chi connectivity index (χ2n) is 8.42. The Hall–Kier alpha value is -3.64. The van der Waals surface area contributed by atoms with Crippen LogP contribution in [0.5, 0.6) is 5.75 Å². The normalized spacial score (nSPS) is 17.0. The molecule has 1 aliphatic rings. The van der Waals surface area contributed by atoms with Gasteiger partial charge >= 0.3 is 0 Å². The fourth-order valence-electron chi connectivity index (χ4n) is 4.58. The Morgan fingerprint density at radius 1 is 1.15 bits per heavy atom. The summed E-state index contributed by atoms with van der Waals surface area (Å²) < 4.78 is 11.5. The molecule has 2 aromatic heterocycles. The van der Waals surface area contributed by atoms with Crippen molar-refractivity contribution >= 4 is 16.9 Å². The summed E-state index contributed by atoms with van der Waals surface area (Å²) in [6.07, 6.45) is 4.31. The third-order valence-corrected chi connectivity index (χ3v) is 6.19. The van der Waals surface area contributed by atoms with Gasteiger partial charge in [0, 0.05) is 43.0 Å². The van der Waals surface area contributed by atoms with Crippen molar-refractivity contribution in [2.24, 2.45) is 5.92 Å². The van der Waals surface area contributed by atoms with Gasteiger partial charge in [-0.15, -0.1) is 0 Å². The molecule has 0 bridgehead atoms. The zero-order chi connectivity index (χ0) is 22.6. The molecule has 1 fully saturated rings. The molecule has 1 saturated heterocycles. The van der Waals surface area contributed by atoms with Gasteiger partial charge in [0.05, 0.1) is 19.6 Å². The van der Waals surface area contributed by atoms with Crippen LogP contribution in [0.2, 0.25) is 0 Å². The standard InChI is InChI=1S/C27H27N3O3/c1-32-25-10-4-7-20-15-23(33-26(20)25)18-30-13-12-29-27(31)22(17-30)14-19-6-2-3-9-24(19)21-8-5-11-28-16-21/h2-11,15-16,22H,12-14,17-18H2,1H3,(H,29,31). The molecular weight excluding hydrogens is 414 g/mol. The van der Waals surface area contributed by atoms with E-state index in [1.54, 1.807) is 13.3 Å². The molecule has 1 N–H and O–H groups in total. The van der Waals surface area contributed by atoms with E-state index < -0.39 is 0 Å². The van der Waals surface area contributed by atoms with Gasteiger partial charge in [0.1, 0.15) is 5.76 Å². The molecule has 6 heteroatoms. The summed E-state index contributed by atoms with van der Waals surface area (Å²) in [7, 11) is 1.65. The molecule has 33 heavy (non-hydrogen) atoms. The maximum Gasteiger partial charge on any atom is 0.224 e. The molecule has 1 aliphatic heterocycles. The second-order valence-corrected chi connectivity index (χ2v) is 8.42. The minimum absolute atomic E-state index is 0.102. The number of methoxy groups -OCH3 is 1. The summed E-state index contributed by atoms with van der Waals surface area (Å²) >= 11 is 0. The minimum atomic E-state index is -0.149. The molecule has 4 aromatic rings. The van der Waals surface area contributed by atoms with Crippen LogP contribution in [0.15, 0.2) is 77.5 Å². The number of hydrogen-bond donors (Lipinski definition) is 1. The summed E-state index contributed by atoms with van der Waals surface area (Å²) in [6, 6.07) is 20.2. The number of fused-ring (bicyclic) bond motifs is 1. The average molecular weight is 442 g/mol. The Kier molecular flexibility index (Phi) is 6.09. The molecular formula is C27H27N3O3. The Morgan fingerprint density at radius 2 is 2.06 bits per heavy atom. The van der Waals surface area contributed by atoms with Gasteiger partial charge < -0.3 is 14.5 Å². The number of nitrogens with one attached hydrogen (secondary N) is 1. The first-order valence-electron chi connectivity index (χ1n) is 11.2. The molecule has 0 spiro atoms. The van der Waals surface area contributed by atoms with Crippen molar-refractivity contribution in [1.29, 1.82) is 0 Å². The summed E-state index contributed by atoms with van der Waals surface area (Å²) in [5.41, 5.74) is 4.11. The Bertz CT molecular complexity index is 1250. The van der Waals surface area contributed by atoms with Crippen LogP contribution in [-0.4, -0.2) is 42.5 Å². The van der Waals surface area contributed by atoms with Crippen LogP contribution in [0, 0.1) is 5.92 Å². The third-order valence-electron chi connectivity index (χ3n) is 6.19. The molecule has 0 aliphatic carbocycles. The van der Waals surface area contributed by atoms with Crippen molar-refractivity contribution in [3.05, 3.63) is 84.4 Å². The zero-order valence-electron chi connectivity index (χ0n) is 18.7. The summed E-state index contributed by atoms with van der Waals surface area (Å²) in [4.78, 5) is 19.5. The number of benzene rings is 2. The zero-order valence-corrected chi connectivity index (χ0v) is 18.7. The molecule has 168 valence electrons. The van der Waals surface area contributed by atoms with Gasteiger partial charge in [0.2, 0.25) is 5.91 Å². The SMILES string of the molecule is COc1cccc2cc(CN3CCNC(=O)C(Cc4ccccc4-c4cccnc4)C3)oc12. The van der Waals surface area contributed by atoms with Crippen LogP contribution in [0.1, 0.15) is 11.3 Å². The molecule has 3 heterocycles. The molecule has 6 nitrogen and oxygen atoms in total. The lowest BCUT2D eigenvalue weighted by Crippen LogP contribution is -2.33. The number of furan rings is 1. The molecule has 1 unspecified atom stereocenters. The molecule has 0 saturated carbocycles. The van der Waals surface area contributed by atoms with E-state index in [1.807, 2.05) is 42.6 Å². The molecule has 1 amide bonds. The van der Waals surface area contributed by atoms with Crippen molar-refractivity contribution in [2.75, 3.05) is 26.7 Å². The van der Waals surface area contributed by atoms with E-state index in [-0.39, 0.29) is 11.8 Å². The number of pyridine rings is 1. The van der Waals surface area contributed by atoms with Crippen molar-refractivity contribution in [1.82, 2.24) is 15.2 Å². The van der Waals surface area contributed by atoms with E-state index in [0.717, 1.165) is 45.7 Å². The van der Waals surface area contributed by atoms with Gasteiger partial charge in [-0.25, -0.2) is 0 Å². The number of rotatable bonds is 6. The van der Waals surface area contributed by atoms with E-state index in [9.17, 15) is 4.79 Å². The molecule has 0 radical (unpaired) electrons. The lowest BCUT2D eigenvalue weighted by Gasteiger charge is -2.22. The highest BCUT2D eigenvalue weighted by molar-refractivity contribution is 5.83. The summed E-state index contributed by atoms with van der Waals surface area (Å²) in [5, 5.41) is 4.11. The van der Waals surface area contributed by atoms with Crippen molar-refractivity contribution in [3.8, 4) is 16.9 Å². The van der Waals surface area contributed by atoms with Gasteiger partial charge in [-0.3, -0.25) is 14.7 Å². The van der Waals surface area contributed by atoms with Crippen LogP contribution in [-0.2, 0) is 17.8 Å². The largest absolute Gasteiger partial charge is 0.493 e. The van der Waals surface area contributed by atoms with E-state index in [4.69, 9.17) is 9.15 Å². The topological polar surface area (TPSA) is 67.6 Å². The number of ether oxygens (including phenoxy) is 1. The first kappa shape index (κ1) is 21.2. The van der Waals surface area contributed by atoms with Crippen LogP contribution >= 0.6 is 0 Å². The van der Waals surface area contributed by atoms with E-state index in [2.05, 4.69) is 39.5 Å². The maximum absolute atomic E-state index is 12.9. The second kappa shape index (κ2) is 9.46. The first-order valence-corrected chi connectivity index (χ1v) is 11.2. The minimum Gasteiger partial charge on any atom is -0.493 e. The fourth-order valence-corrected chi connectivity index (χ4v) is 4.58. The average Bonchev–Trinajstić information content (AvgIpc) is 3.18. The maximum atomic E-state index is 12.9. The number of carbonyl (C=O) groups is 1. The fraction of sp³-hybridized carbons (Fsp3) is 0.259. The number of nitrogens with zero attached hydrogens (tertiary/aromatic N) is 2. The summed E-state index contributed by atoms with van der Waals surface area (Å²) in [5.74, 6) is 1.56. The quantitative estimate of drug-likeness (QED) is 0.483. The van der Waals surface area contributed by atoms with Gasteiger partial charge in [0.25, 0.3) is 0 Å². The highest BCUT2D eigenvalue weighted by atomic mass is 16.5. The predicted molar refractivity (Wildman–Crippen MR) is 128 cm³/mol. The van der Waals surface area contributed by atoms with Crippen molar-refractivity contribution in [2.45, 2.75) is 13.0 Å². The predicted octanol–water partition coefficient (Wildman–Crippen LogP) is 4.29. The number of aromatic nitrogens is 1. The van der Waals surface area contributed by atoms with Crippen LogP contribution in [0.3, 0.4) is 0 Å². The lowest BCUT2D eigenvalue weighted by molar-refractivity contribution is -0.124. The number of amides is 1. The molecule has 2 aromatic carbocycles. The Morgan fingerprint density at radius 3 is 2.91 bits per heavy atom. The Balaban J connectivity index is 1.36. The van der Waals surface area contributed by atoms with Gasteiger partial charge in [-0.05, 0) is 35.7 Å². The Labute approximate surface area is 193 Å². The van der Waals surface area contributed by atoms with Crippen LogP contribution in [0.4, 0.5) is 0 Å². The lowest BCUT2D eigenvalue weighted by atomic mass is 9.92. The monoisotopic (exact) mass is 441 g/mol. The van der Waals surface area contributed by atoms with E-state index in [1.165, 1.54) is 0 Å². The smallest absolute Gasteiger partial charge is 0.224 e. The highest BCUT2D eigenvalue weighted by Gasteiger charge is 2.27. The highest BCUT2D eigenvalue weighted by Crippen LogP contribution is 2.30. The van der Waals surface area contributed by atoms with E-state index in [0.29, 0.717) is 26.1 Å². The number of hydrogen-bond acceptors (Lipinski definition) is 5. The number of para-hydroxylation sites is 1. The molecule has 5 rings (SSSR count). The van der Waals surface area contributed by atoms with Crippen molar-refractivity contribution in [3.63, 3.8) is 0 Å². The third kappa shape index (κ3) is 4.61. The van der Waals surface area contributed by atoms with E-state index >= 15 is 0 Å².